The van der Waals surface area contributed by atoms with Crippen molar-refractivity contribution in [1.29, 1.82) is 0 Å². The van der Waals surface area contributed by atoms with Crippen LogP contribution < -0.4 is 11.1 Å². The van der Waals surface area contributed by atoms with Gasteiger partial charge in [-0.1, -0.05) is 63.2 Å². The van der Waals surface area contributed by atoms with Crippen molar-refractivity contribution >= 4 is 11.6 Å². The second-order valence-corrected chi connectivity index (χ2v) is 6.95. The fourth-order valence-corrected chi connectivity index (χ4v) is 2.77. The van der Waals surface area contributed by atoms with Crippen LogP contribution in [0.2, 0.25) is 0 Å². The van der Waals surface area contributed by atoms with Gasteiger partial charge in [-0.05, 0) is 36.5 Å². The van der Waals surface area contributed by atoms with Crippen LogP contribution in [-0.2, 0) is 10.2 Å². The molecule has 2 aromatic rings. The Kier molecular flexibility index (Phi) is 5.66. The summed E-state index contributed by atoms with van der Waals surface area (Å²) in [7, 11) is 0. The van der Waals surface area contributed by atoms with Crippen LogP contribution in [0, 0.1) is 5.92 Å². The maximum atomic E-state index is 12.7. The lowest BCUT2D eigenvalue weighted by Crippen LogP contribution is -2.43. The number of carbonyl (C=O) groups excluding carboxylic acids is 1. The summed E-state index contributed by atoms with van der Waals surface area (Å²) in [5.41, 5.74) is 9.42. The maximum absolute atomic E-state index is 12.7. The summed E-state index contributed by atoms with van der Waals surface area (Å²) in [5, 5.41) is 3.07. The molecule has 0 saturated heterocycles. The first-order chi connectivity index (χ1) is 11.4. The number of nitrogen functional groups attached to an aromatic ring is 1. The second kappa shape index (κ2) is 7.52. The first-order valence-corrected chi connectivity index (χ1v) is 8.62. The molecule has 0 bridgehead atoms. The minimum absolute atomic E-state index is 0.0886. The molecular formula is C21H28N2O. The van der Waals surface area contributed by atoms with E-state index in [1.165, 1.54) is 0 Å². The van der Waals surface area contributed by atoms with Crippen molar-refractivity contribution in [3.05, 3.63) is 54.1 Å². The largest absolute Gasteiger partial charge is 0.398 e. The number of para-hydroxylation sites is 1. The topological polar surface area (TPSA) is 55.1 Å². The molecule has 2 rings (SSSR count). The molecule has 1 unspecified atom stereocenters. The van der Waals surface area contributed by atoms with Crippen LogP contribution in [0.1, 0.15) is 39.7 Å². The second-order valence-electron chi connectivity index (χ2n) is 6.95. The van der Waals surface area contributed by atoms with Crippen molar-refractivity contribution in [2.24, 2.45) is 5.92 Å². The highest BCUT2D eigenvalue weighted by Crippen LogP contribution is 2.31. The molecule has 0 radical (unpaired) electrons. The van der Waals surface area contributed by atoms with Crippen LogP contribution in [0.15, 0.2) is 48.5 Å². The van der Waals surface area contributed by atoms with Crippen LogP contribution in [0.25, 0.3) is 11.1 Å². The van der Waals surface area contributed by atoms with Crippen LogP contribution in [0.4, 0.5) is 5.69 Å². The Labute approximate surface area is 145 Å². The SMILES string of the molecule is CCC(C)(C(=O)NCC(C)C)c1ccc(-c2ccccc2N)cc1. The molecule has 3 heteroatoms. The van der Waals surface area contributed by atoms with Crippen molar-refractivity contribution in [2.45, 2.75) is 39.5 Å². The van der Waals surface area contributed by atoms with Crippen LogP contribution in [0.3, 0.4) is 0 Å². The highest BCUT2D eigenvalue weighted by Gasteiger charge is 2.33. The van der Waals surface area contributed by atoms with E-state index in [2.05, 4.69) is 26.1 Å². The van der Waals surface area contributed by atoms with E-state index in [0.717, 1.165) is 28.8 Å². The Hall–Kier alpha value is -2.29. The predicted octanol–water partition coefficient (Wildman–Crippen LogP) is 4.38. The quantitative estimate of drug-likeness (QED) is 0.775. The van der Waals surface area contributed by atoms with Gasteiger partial charge < -0.3 is 11.1 Å². The molecule has 0 fully saturated rings. The van der Waals surface area contributed by atoms with Crippen molar-refractivity contribution in [3.8, 4) is 11.1 Å². The summed E-state index contributed by atoms with van der Waals surface area (Å²) in [6.07, 6.45) is 0.754. The summed E-state index contributed by atoms with van der Waals surface area (Å²) < 4.78 is 0. The number of anilines is 1. The number of nitrogens with two attached hydrogens (primary N) is 1. The van der Waals surface area contributed by atoms with E-state index >= 15 is 0 Å². The fraction of sp³-hybridized carbons (Fsp3) is 0.381. The molecule has 2 aromatic carbocycles. The smallest absolute Gasteiger partial charge is 0.230 e. The minimum Gasteiger partial charge on any atom is -0.398 e. The first kappa shape index (κ1) is 18.1. The van der Waals surface area contributed by atoms with Gasteiger partial charge in [-0.2, -0.15) is 0 Å². The third-order valence-corrected chi connectivity index (χ3v) is 4.67. The van der Waals surface area contributed by atoms with Crippen LogP contribution >= 0.6 is 0 Å². The van der Waals surface area contributed by atoms with Crippen molar-refractivity contribution in [1.82, 2.24) is 5.32 Å². The highest BCUT2D eigenvalue weighted by atomic mass is 16.2. The predicted molar refractivity (Wildman–Crippen MR) is 102 cm³/mol. The number of carbonyl (C=O) groups is 1. The summed E-state index contributed by atoms with van der Waals surface area (Å²) in [5.74, 6) is 0.532. The average Bonchev–Trinajstić information content (AvgIpc) is 2.59. The van der Waals surface area contributed by atoms with Gasteiger partial charge in [0.25, 0.3) is 0 Å². The van der Waals surface area contributed by atoms with Gasteiger partial charge in [-0.25, -0.2) is 0 Å². The number of hydrogen-bond donors (Lipinski definition) is 2. The standard InChI is InChI=1S/C21H28N2O/c1-5-21(4,20(24)23-14-15(2)3)17-12-10-16(11-13-17)18-8-6-7-9-19(18)22/h6-13,15H,5,14,22H2,1-4H3,(H,23,24). The molecule has 0 saturated carbocycles. The lowest BCUT2D eigenvalue weighted by Gasteiger charge is -2.28. The fourth-order valence-electron chi connectivity index (χ4n) is 2.77. The van der Waals surface area contributed by atoms with E-state index in [4.69, 9.17) is 5.73 Å². The normalized spacial score (nSPS) is 13.5. The molecule has 3 N–H and O–H groups in total. The van der Waals surface area contributed by atoms with Gasteiger partial charge in [-0.15, -0.1) is 0 Å². The monoisotopic (exact) mass is 324 g/mol. The Balaban J connectivity index is 2.27. The van der Waals surface area contributed by atoms with Gasteiger partial charge in [0.05, 0.1) is 5.41 Å². The maximum Gasteiger partial charge on any atom is 0.230 e. The molecule has 0 aliphatic carbocycles. The molecule has 0 heterocycles. The van der Waals surface area contributed by atoms with Gasteiger partial charge in [0, 0.05) is 17.8 Å². The van der Waals surface area contributed by atoms with Crippen LogP contribution in [0.5, 0.6) is 0 Å². The lowest BCUT2D eigenvalue weighted by atomic mass is 9.78. The molecule has 0 spiro atoms. The molecule has 0 aliphatic heterocycles. The van der Waals surface area contributed by atoms with E-state index in [1.807, 2.05) is 55.5 Å². The Morgan fingerprint density at radius 2 is 1.75 bits per heavy atom. The highest BCUT2D eigenvalue weighted by molar-refractivity contribution is 5.88. The van der Waals surface area contributed by atoms with E-state index < -0.39 is 5.41 Å². The number of rotatable bonds is 6. The van der Waals surface area contributed by atoms with Gasteiger partial charge >= 0.3 is 0 Å². The van der Waals surface area contributed by atoms with E-state index in [1.54, 1.807) is 0 Å². The molecule has 24 heavy (non-hydrogen) atoms. The Morgan fingerprint density at radius 3 is 2.29 bits per heavy atom. The summed E-state index contributed by atoms with van der Waals surface area (Å²) in [6, 6.07) is 16.0. The Bertz CT molecular complexity index is 691. The lowest BCUT2D eigenvalue weighted by molar-refractivity contribution is -0.126. The summed E-state index contributed by atoms with van der Waals surface area (Å²) in [6.45, 7) is 8.96. The van der Waals surface area contributed by atoms with Crippen molar-refractivity contribution < 1.29 is 4.79 Å². The Morgan fingerprint density at radius 1 is 1.12 bits per heavy atom. The van der Waals surface area contributed by atoms with Gasteiger partial charge in [0.2, 0.25) is 5.91 Å². The average molecular weight is 324 g/mol. The molecule has 0 aliphatic rings. The summed E-state index contributed by atoms with van der Waals surface area (Å²) >= 11 is 0. The zero-order valence-corrected chi connectivity index (χ0v) is 15.1. The minimum atomic E-state index is -0.518. The summed E-state index contributed by atoms with van der Waals surface area (Å²) in [4.78, 5) is 12.7. The first-order valence-electron chi connectivity index (χ1n) is 8.62. The zero-order chi connectivity index (χ0) is 17.7. The molecule has 1 atom stereocenters. The van der Waals surface area contributed by atoms with E-state index in [-0.39, 0.29) is 5.91 Å². The van der Waals surface area contributed by atoms with Gasteiger partial charge in [-0.3, -0.25) is 4.79 Å². The van der Waals surface area contributed by atoms with E-state index in [9.17, 15) is 4.79 Å². The zero-order valence-electron chi connectivity index (χ0n) is 15.1. The molecule has 3 nitrogen and oxygen atoms in total. The molecule has 0 aromatic heterocycles. The van der Waals surface area contributed by atoms with Crippen LogP contribution in [-0.4, -0.2) is 12.5 Å². The third kappa shape index (κ3) is 3.78. The van der Waals surface area contributed by atoms with Crippen molar-refractivity contribution in [2.75, 3.05) is 12.3 Å². The number of hydrogen-bond acceptors (Lipinski definition) is 2. The van der Waals surface area contributed by atoms with E-state index in [0.29, 0.717) is 12.5 Å². The third-order valence-electron chi connectivity index (χ3n) is 4.67. The molecule has 128 valence electrons. The van der Waals surface area contributed by atoms with Gasteiger partial charge in [0.1, 0.15) is 0 Å². The van der Waals surface area contributed by atoms with Gasteiger partial charge in [0.15, 0.2) is 0 Å². The molecular weight excluding hydrogens is 296 g/mol. The number of amides is 1. The molecule has 1 amide bonds. The number of benzene rings is 2. The van der Waals surface area contributed by atoms with Crippen molar-refractivity contribution in [3.63, 3.8) is 0 Å². The number of nitrogens with one attached hydrogen (secondary N) is 1.